The first kappa shape index (κ1) is 26.9. The topological polar surface area (TPSA) is 122 Å². The summed E-state index contributed by atoms with van der Waals surface area (Å²) in [7, 11) is -6.33. The smallest absolute Gasteiger partial charge is 0.248 e. The van der Waals surface area contributed by atoms with Crippen molar-refractivity contribution in [3.63, 3.8) is 0 Å². The second kappa shape index (κ2) is 10.7. The standard InChI is InChI=1S/C21H28ClN3O6S2/c1-6-19(25(32(5,27)28)16-9-7-8-15(22)12-16)21(26)23-18-13-17(10-11-20(18)31-4)33(29,30)24-14(2)3/h7-14,19,24H,6H2,1-5H3,(H,23,26)/t19-/m0/s1. The molecule has 0 saturated heterocycles. The molecule has 2 aromatic carbocycles. The van der Waals surface area contributed by atoms with Gasteiger partial charge < -0.3 is 10.1 Å². The Morgan fingerprint density at radius 2 is 1.79 bits per heavy atom. The van der Waals surface area contributed by atoms with Gasteiger partial charge in [-0.1, -0.05) is 24.6 Å². The molecule has 2 N–H and O–H groups in total. The predicted molar refractivity (Wildman–Crippen MR) is 130 cm³/mol. The number of amides is 1. The summed E-state index contributed by atoms with van der Waals surface area (Å²) in [5.41, 5.74) is 0.323. The molecule has 0 aliphatic carbocycles. The van der Waals surface area contributed by atoms with Crippen molar-refractivity contribution in [2.45, 2.75) is 44.2 Å². The highest BCUT2D eigenvalue weighted by Gasteiger charge is 2.32. The van der Waals surface area contributed by atoms with Gasteiger partial charge in [-0.15, -0.1) is 0 Å². The van der Waals surface area contributed by atoms with Crippen molar-refractivity contribution in [1.29, 1.82) is 0 Å². The quantitative estimate of drug-likeness (QED) is 0.499. The molecule has 0 saturated carbocycles. The van der Waals surface area contributed by atoms with E-state index in [2.05, 4.69) is 10.0 Å². The zero-order valence-corrected chi connectivity index (χ0v) is 21.4. The van der Waals surface area contributed by atoms with Gasteiger partial charge in [0.05, 0.1) is 29.6 Å². The Kier molecular flexibility index (Phi) is 8.75. The van der Waals surface area contributed by atoms with Crippen LogP contribution in [-0.2, 0) is 24.8 Å². The van der Waals surface area contributed by atoms with E-state index in [-0.39, 0.29) is 34.5 Å². The molecule has 0 spiro atoms. The molecular weight excluding hydrogens is 490 g/mol. The molecule has 9 nitrogen and oxygen atoms in total. The largest absolute Gasteiger partial charge is 0.495 e. The molecule has 2 aromatic rings. The van der Waals surface area contributed by atoms with Crippen LogP contribution in [0.5, 0.6) is 5.75 Å². The summed E-state index contributed by atoms with van der Waals surface area (Å²) in [5.74, 6) is -0.442. The molecule has 0 aliphatic rings. The minimum Gasteiger partial charge on any atom is -0.495 e. The van der Waals surface area contributed by atoms with Crippen molar-refractivity contribution in [2.24, 2.45) is 0 Å². The molecule has 0 aliphatic heterocycles. The number of nitrogens with one attached hydrogen (secondary N) is 2. The lowest BCUT2D eigenvalue weighted by Gasteiger charge is -2.30. The van der Waals surface area contributed by atoms with Gasteiger partial charge in [-0.25, -0.2) is 21.6 Å². The summed E-state index contributed by atoms with van der Waals surface area (Å²) < 4.78 is 59.0. The molecule has 1 amide bonds. The van der Waals surface area contributed by atoms with Crippen molar-refractivity contribution in [3.8, 4) is 5.75 Å². The monoisotopic (exact) mass is 517 g/mol. The molecule has 33 heavy (non-hydrogen) atoms. The molecule has 0 fully saturated rings. The number of hydrogen-bond acceptors (Lipinski definition) is 6. The molecular formula is C21H28ClN3O6S2. The van der Waals surface area contributed by atoms with E-state index in [0.29, 0.717) is 5.02 Å². The van der Waals surface area contributed by atoms with Gasteiger partial charge in [-0.2, -0.15) is 0 Å². The maximum absolute atomic E-state index is 13.2. The second-order valence-corrected chi connectivity index (χ2v) is 11.6. The molecule has 0 heterocycles. The van der Waals surface area contributed by atoms with Crippen molar-refractivity contribution >= 4 is 48.9 Å². The minimum absolute atomic E-state index is 0.0739. The minimum atomic E-state index is -3.87. The normalized spacial score (nSPS) is 12.9. The molecule has 2 rings (SSSR count). The number of hydrogen-bond donors (Lipinski definition) is 2. The lowest BCUT2D eigenvalue weighted by Crippen LogP contribution is -2.47. The molecule has 0 unspecified atom stereocenters. The number of nitrogens with zero attached hydrogens (tertiary/aromatic N) is 1. The van der Waals surface area contributed by atoms with Crippen LogP contribution in [-0.4, -0.2) is 48.2 Å². The number of carbonyl (C=O) groups is 1. The number of anilines is 2. The van der Waals surface area contributed by atoms with Crippen LogP contribution in [0.1, 0.15) is 27.2 Å². The third-order valence-corrected chi connectivity index (χ3v) is 7.59. The van der Waals surface area contributed by atoms with Gasteiger partial charge >= 0.3 is 0 Å². The molecule has 12 heteroatoms. The Morgan fingerprint density at radius 3 is 2.30 bits per heavy atom. The van der Waals surface area contributed by atoms with Gasteiger partial charge in [-0.3, -0.25) is 9.10 Å². The van der Waals surface area contributed by atoms with E-state index in [1.807, 2.05) is 0 Å². The average molecular weight is 518 g/mol. The van der Waals surface area contributed by atoms with Gasteiger partial charge in [0.1, 0.15) is 11.8 Å². The average Bonchev–Trinajstić information content (AvgIpc) is 2.69. The number of halogens is 1. The van der Waals surface area contributed by atoms with Gasteiger partial charge in [-0.05, 0) is 56.7 Å². The molecule has 0 radical (unpaired) electrons. The Balaban J connectivity index is 2.48. The Bertz CT molecular complexity index is 1220. The fourth-order valence-corrected chi connectivity index (χ4v) is 5.88. The third kappa shape index (κ3) is 6.83. The number of rotatable bonds is 10. The Morgan fingerprint density at radius 1 is 1.12 bits per heavy atom. The lowest BCUT2D eigenvalue weighted by atomic mass is 10.1. The van der Waals surface area contributed by atoms with Gasteiger partial charge in [0.2, 0.25) is 26.0 Å². The summed E-state index contributed by atoms with van der Waals surface area (Å²) in [6.45, 7) is 5.04. The summed E-state index contributed by atoms with van der Waals surface area (Å²) in [6, 6.07) is 8.73. The van der Waals surface area contributed by atoms with E-state index < -0.39 is 32.0 Å². The predicted octanol–water partition coefficient (Wildman–Crippen LogP) is 3.22. The van der Waals surface area contributed by atoms with Gasteiger partial charge in [0, 0.05) is 11.1 Å². The molecule has 182 valence electrons. The Labute approximate surface area is 200 Å². The van der Waals surface area contributed by atoms with Crippen LogP contribution in [0.15, 0.2) is 47.4 Å². The van der Waals surface area contributed by atoms with E-state index in [4.69, 9.17) is 16.3 Å². The number of benzene rings is 2. The Hall–Kier alpha value is -2.34. The number of ether oxygens (including phenoxy) is 1. The van der Waals surface area contributed by atoms with Crippen LogP contribution in [0.2, 0.25) is 5.02 Å². The van der Waals surface area contributed by atoms with Gasteiger partial charge in [0.25, 0.3) is 0 Å². The van der Waals surface area contributed by atoms with Crippen LogP contribution in [0, 0.1) is 0 Å². The lowest BCUT2D eigenvalue weighted by molar-refractivity contribution is -0.117. The van der Waals surface area contributed by atoms with Crippen molar-refractivity contribution < 1.29 is 26.4 Å². The zero-order chi connectivity index (χ0) is 25.0. The fraction of sp³-hybridized carbons (Fsp3) is 0.381. The zero-order valence-electron chi connectivity index (χ0n) is 19.0. The summed E-state index contributed by atoms with van der Waals surface area (Å²) in [6.07, 6.45) is 1.13. The van der Waals surface area contributed by atoms with Crippen LogP contribution in [0.25, 0.3) is 0 Å². The van der Waals surface area contributed by atoms with E-state index in [1.54, 1.807) is 32.9 Å². The maximum atomic E-state index is 13.2. The molecule has 0 aromatic heterocycles. The summed E-state index contributed by atoms with van der Waals surface area (Å²) in [5, 5.41) is 2.93. The molecule has 0 bridgehead atoms. The van der Waals surface area contributed by atoms with Crippen LogP contribution >= 0.6 is 11.6 Å². The maximum Gasteiger partial charge on any atom is 0.248 e. The fourth-order valence-electron chi connectivity index (χ4n) is 3.22. The second-order valence-electron chi connectivity index (χ2n) is 7.59. The number of methoxy groups -OCH3 is 1. The highest BCUT2D eigenvalue weighted by Crippen LogP contribution is 2.30. The van der Waals surface area contributed by atoms with Gasteiger partial charge in [0.15, 0.2) is 0 Å². The van der Waals surface area contributed by atoms with E-state index in [0.717, 1.165) is 10.6 Å². The van der Waals surface area contributed by atoms with E-state index >= 15 is 0 Å². The summed E-state index contributed by atoms with van der Waals surface area (Å²) in [4.78, 5) is 13.2. The van der Waals surface area contributed by atoms with Crippen LogP contribution < -0.4 is 19.1 Å². The van der Waals surface area contributed by atoms with E-state index in [1.165, 1.54) is 37.4 Å². The van der Waals surface area contributed by atoms with E-state index in [9.17, 15) is 21.6 Å². The van der Waals surface area contributed by atoms with Crippen LogP contribution in [0.4, 0.5) is 11.4 Å². The third-order valence-electron chi connectivity index (χ3n) is 4.52. The highest BCUT2D eigenvalue weighted by atomic mass is 35.5. The van der Waals surface area contributed by atoms with Crippen molar-refractivity contribution in [1.82, 2.24) is 4.72 Å². The van der Waals surface area contributed by atoms with Crippen molar-refractivity contribution in [2.75, 3.05) is 23.0 Å². The number of sulfonamides is 2. The first-order valence-electron chi connectivity index (χ1n) is 10.1. The summed E-state index contributed by atoms with van der Waals surface area (Å²) >= 11 is 6.03. The van der Waals surface area contributed by atoms with Crippen LogP contribution in [0.3, 0.4) is 0 Å². The first-order chi connectivity index (χ1) is 15.3. The highest BCUT2D eigenvalue weighted by molar-refractivity contribution is 7.92. The first-order valence-corrected chi connectivity index (χ1v) is 13.8. The van der Waals surface area contributed by atoms with Crippen molar-refractivity contribution in [3.05, 3.63) is 47.5 Å². The SMILES string of the molecule is CC[C@@H](C(=O)Nc1cc(S(=O)(=O)NC(C)C)ccc1OC)N(c1cccc(Cl)c1)S(C)(=O)=O. The molecule has 1 atom stereocenters. The number of carbonyl (C=O) groups excluding carboxylic acids is 1.